The highest BCUT2D eigenvalue weighted by molar-refractivity contribution is 7.89. The summed E-state index contributed by atoms with van der Waals surface area (Å²) in [5, 5.41) is 0. The number of rotatable bonds is 3. The lowest BCUT2D eigenvalue weighted by Gasteiger charge is -2.15. The van der Waals surface area contributed by atoms with E-state index in [1.807, 2.05) is 0 Å². The lowest BCUT2D eigenvalue weighted by molar-refractivity contribution is -0.0260. The van der Waals surface area contributed by atoms with E-state index in [1.165, 1.54) is 14.2 Å². The van der Waals surface area contributed by atoms with Crippen molar-refractivity contribution in [2.75, 3.05) is 19.9 Å². The summed E-state index contributed by atoms with van der Waals surface area (Å²) in [7, 11) is -1.66. The van der Waals surface area contributed by atoms with Gasteiger partial charge in [-0.3, -0.25) is 4.84 Å². The van der Waals surface area contributed by atoms with E-state index in [4.69, 9.17) is 5.73 Å². The van der Waals surface area contributed by atoms with Crippen LogP contribution in [0.1, 0.15) is 5.56 Å². The predicted octanol–water partition coefficient (Wildman–Crippen LogP) is 0.898. The molecule has 2 N–H and O–H groups in total. The van der Waals surface area contributed by atoms with Crippen molar-refractivity contribution in [3.05, 3.63) is 23.5 Å². The maximum Gasteiger partial charge on any atom is 0.267 e. The van der Waals surface area contributed by atoms with Crippen LogP contribution in [-0.4, -0.2) is 27.0 Å². The number of nitrogen functional groups attached to an aromatic ring is 1. The first kappa shape index (κ1) is 12.9. The summed E-state index contributed by atoms with van der Waals surface area (Å²) in [6, 6.07) is 2.15. The Bertz CT molecular complexity index is 502. The standard InChI is InChI=1S/C9H13FN2O3S/c1-6-4-7(10)9(5-8(6)11)16(13,14)12(2)15-3/h4-5H,11H2,1-3H3. The molecular formula is C9H13FN2O3S. The van der Waals surface area contributed by atoms with Crippen molar-refractivity contribution in [2.24, 2.45) is 0 Å². The number of benzene rings is 1. The zero-order valence-electron chi connectivity index (χ0n) is 9.19. The Labute approximate surface area is 93.6 Å². The summed E-state index contributed by atoms with van der Waals surface area (Å²) in [5.41, 5.74) is 6.23. The second-order valence-electron chi connectivity index (χ2n) is 3.24. The van der Waals surface area contributed by atoms with Crippen molar-refractivity contribution in [3.63, 3.8) is 0 Å². The normalized spacial score (nSPS) is 12.1. The minimum atomic E-state index is -4.00. The first-order valence-electron chi connectivity index (χ1n) is 4.39. The number of hydrogen-bond donors (Lipinski definition) is 1. The van der Waals surface area contributed by atoms with E-state index < -0.39 is 20.7 Å². The Hall–Kier alpha value is -1.18. The molecule has 0 unspecified atom stereocenters. The second-order valence-corrected chi connectivity index (χ2v) is 5.14. The van der Waals surface area contributed by atoms with Crippen molar-refractivity contribution in [2.45, 2.75) is 11.8 Å². The maximum atomic E-state index is 13.5. The maximum absolute atomic E-state index is 13.5. The Kier molecular flexibility index (Phi) is 3.51. The first-order valence-corrected chi connectivity index (χ1v) is 5.83. The van der Waals surface area contributed by atoms with Gasteiger partial charge in [-0.2, -0.15) is 0 Å². The number of halogens is 1. The second kappa shape index (κ2) is 4.36. The highest BCUT2D eigenvalue weighted by atomic mass is 32.2. The van der Waals surface area contributed by atoms with Crippen molar-refractivity contribution in [1.82, 2.24) is 4.47 Å². The third kappa shape index (κ3) is 2.16. The molecule has 0 aromatic heterocycles. The molecule has 90 valence electrons. The van der Waals surface area contributed by atoms with Gasteiger partial charge in [0.25, 0.3) is 10.0 Å². The zero-order chi connectivity index (χ0) is 12.5. The van der Waals surface area contributed by atoms with E-state index in [1.54, 1.807) is 6.92 Å². The molecule has 0 radical (unpaired) electrons. The van der Waals surface area contributed by atoms with Crippen LogP contribution in [0, 0.1) is 12.7 Å². The van der Waals surface area contributed by atoms with E-state index in [0.29, 0.717) is 10.0 Å². The summed E-state index contributed by atoms with van der Waals surface area (Å²) in [6.07, 6.45) is 0. The molecule has 0 aliphatic rings. The van der Waals surface area contributed by atoms with Crippen LogP contribution < -0.4 is 5.73 Å². The SMILES string of the molecule is CON(C)S(=O)(=O)c1cc(N)c(C)cc1F. The monoisotopic (exact) mass is 248 g/mol. The molecule has 0 saturated carbocycles. The lowest BCUT2D eigenvalue weighted by atomic mass is 10.2. The predicted molar refractivity (Wildman–Crippen MR) is 57.5 cm³/mol. The fourth-order valence-electron chi connectivity index (χ4n) is 1.10. The van der Waals surface area contributed by atoms with Gasteiger partial charge in [-0.15, -0.1) is 0 Å². The van der Waals surface area contributed by atoms with Crippen molar-refractivity contribution in [3.8, 4) is 0 Å². The van der Waals surface area contributed by atoms with E-state index in [0.717, 1.165) is 12.1 Å². The van der Waals surface area contributed by atoms with Crippen LogP contribution in [0.25, 0.3) is 0 Å². The van der Waals surface area contributed by atoms with Crippen LogP contribution in [0.2, 0.25) is 0 Å². The van der Waals surface area contributed by atoms with Gasteiger partial charge in [-0.05, 0) is 24.6 Å². The smallest absolute Gasteiger partial charge is 0.267 e. The molecular weight excluding hydrogens is 235 g/mol. The first-order chi connectivity index (χ1) is 7.30. The molecule has 0 spiro atoms. The fourth-order valence-corrected chi connectivity index (χ4v) is 2.16. The minimum absolute atomic E-state index is 0.212. The number of nitrogens with two attached hydrogens (primary N) is 1. The Morgan fingerprint density at radius 2 is 2.00 bits per heavy atom. The summed E-state index contributed by atoms with van der Waals surface area (Å²) in [5.74, 6) is -0.851. The van der Waals surface area contributed by atoms with Crippen molar-refractivity contribution < 1.29 is 17.6 Å². The third-order valence-electron chi connectivity index (χ3n) is 2.19. The van der Waals surface area contributed by atoms with Gasteiger partial charge in [0.15, 0.2) is 0 Å². The Morgan fingerprint density at radius 3 is 2.50 bits per heavy atom. The van der Waals surface area contributed by atoms with Crippen LogP contribution in [0.5, 0.6) is 0 Å². The van der Waals surface area contributed by atoms with Gasteiger partial charge in [0, 0.05) is 12.7 Å². The molecule has 1 rings (SSSR count). The molecule has 0 heterocycles. The van der Waals surface area contributed by atoms with Gasteiger partial charge in [0.2, 0.25) is 0 Å². The number of sulfonamides is 1. The number of hydrogen-bond acceptors (Lipinski definition) is 4. The molecule has 1 aromatic carbocycles. The van der Waals surface area contributed by atoms with Gasteiger partial charge in [0.1, 0.15) is 10.7 Å². The van der Waals surface area contributed by atoms with Gasteiger partial charge >= 0.3 is 0 Å². The minimum Gasteiger partial charge on any atom is -0.398 e. The summed E-state index contributed by atoms with van der Waals surface area (Å²) in [6.45, 7) is 1.59. The quantitative estimate of drug-likeness (QED) is 0.637. The molecule has 7 heteroatoms. The van der Waals surface area contributed by atoms with E-state index >= 15 is 0 Å². The molecule has 0 atom stereocenters. The van der Waals surface area contributed by atoms with Crippen LogP contribution in [0.4, 0.5) is 10.1 Å². The fraction of sp³-hybridized carbons (Fsp3) is 0.333. The van der Waals surface area contributed by atoms with Crippen LogP contribution in [0.3, 0.4) is 0 Å². The number of nitrogens with zero attached hydrogens (tertiary/aromatic N) is 1. The molecule has 0 fully saturated rings. The molecule has 0 saturated heterocycles. The average Bonchev–Trinajstić information content (AvgIpc) is 2.21. The molecule has 0 aliphatic carbocycles. The molecule has 16 heavy (non-hydrogen) atoms. The zero-order valence-corrected chi connectivity index (χ0v) is 10.0. The molecule has 0 aliphatic heterocycles. The van der Waals surface area contributed by atoms with Crippen LogP contribution in [0.15, 0.2) is 17.0 Å². The summed E-state index contributed by atoms with van der Waals surface area (Å²) < 4.78 is 37.6. The van der Waals surface area contributed by atoms with Crippen molar-refractivity contribution in [1.29, 1.82) is 0 Å². The van der Waals surface area contributed by atoms with Gasteiger partial charge in [-0.25, -0.2) is 12.8 Å². The van der Waals surface area contributed by atoms with Gasteiger partial charge in [-0.1, -0.05) is 4.47 Å². The van der Waals surface area contributed by atoms with Crippen LogP contribution >= 0.6 is 0 Å². The number of anilines is 1. The van der Waals surface area contributed by atoms with Crippen LogP contribution in [-0.2, 0) is 14.9 Å². The topological polar surface area (TPSA) is 72.6 Å². The van der Waals surface area contributed by atoms with Crippen molar-refractivity contribution >= 4 is 15.7 Å². The highest BCUT2D eigenvalue weighted by Gasteiger charge is 2.25. The molecule has 5 nitrogen and oxygen atoms in total. The van der Waals surface area contributed by atoms with E-state index in [9.17, 15) is 12.8 Å². The average molecular weight is 248 g/mol. The molecule has 0 amide bonds. The Balaban J connectivity index is 3.40. The van der Waals surface area contributed by atoms with Gasteiger partial charge < -0.3 is 5.73 Å². The molecule has 0 bridgehead atoms. The Morgan fingerprint density at radius 1 is 1.44 bits per heavy atom. The largest absolute Gasteiger partial charge is 0.398 e. The van der Waals surface area contributed by atoms with E-state index in [-0.39, 0.29) is 5.69 Å². The third-order valence-corrected chi connectivity index (χ3v) is 3.89. The highest BCUT2D eigenvalue weighted by Crippen LogP contribution is 2.23. The van der Waals surface area contributed by atoms with Gasteiger partial charge in [0.05, 0.1) is 7.11 Å². The number of hydroxylamine groups is 1. The number of aryl methyl sites for hydroxylation is 1. The summed E-state index contributed by atoms with van der Waals surface area (Å²) >= 11 is 0. The lowest BCUT2D eigenvalue weighted by Crippen LogP contribution is -2.26. The summed E-state index contributed by atoms with van der Waals surface area (Å²) in [4.78, 5) is 4.03. The molecule has 1 aromatic rings. The van der Waals surface area contributed by atoms with E-state index in [2.05, 4.69) is 4.84 Å².